The summed E-state index contributed by atoms with van der Waals surface area (Å²) in [7, 11) is 0. The van der Waals surface area contributed by atoms with Gasteiger partial charge < -0.3 is 4.90 Å². The molecule has 0 N–H and O–H groups in total. The summed E-state index contributed by atoms with van der Waals surface area (Å²) in [6.45, 7) is 4.16. The van der Waals surface area contributed by atoms with E-state index in [9.17, 15) is 4.79 Å². The highest BCUT2D eigenvalue weighted by molar-refractivity contribution is 5.76. The average Bonchev–Trinajstić information content (AvgIpc) is 2.75. The van der Waals surface area contributed by atoms with Crippen LogP contribution in [-0.4, -0.2) is 23.9 Å². The average molecular weight is 273 g/mol. The van der Waals surface area contributed by atoms with Crippen molar-refractivity contribution in [3.63, 3.8) is 0 Å². The molecule has 2 nitrogen and oxygen atoms in total. The fraction of sp³-hybridized carbons (Fsp3) is 0.611. The van der Waals surface area contributed by atoms with E-state index in [0.717, 1.165) is 25.9 Å². The van der Waals surface area contributed by atoms with Gasteiger partial charge >= 0.3 is 0 Å². The molecular formula is C18H27NO. The van der Waals surface area contributed by atoms with Gasteiger partial charge in [-0.1, -0.05) is 50.1 Å². The molecule has 1 unspecified atom stereocenters. The smallest absolute Gasteiger partial charge is 0.222 e. The minimum Gasteiger partial charge on any atom is -0.343 e. The number of rotatable bonds is 5. The highest BCUT2D eigenvalue weighted by atomic mass is 16.2. The summed E-state index contributed by atoms with van der Waals surface area (Å²) in [5, 5.41) is 0. The van der Waals surface area contributed by atoms with Crippen molar-refractivity contribution in [3.8, 4) is 0 Å². The van der Waals surface area contributed by atoms with Gasteiger partial charge in [-0.15, -0.1) is 0 Å². The quantitative estimate of drug-likeness (QED) is 0.792. The second-order valence-corrected chi connectivity index (χ2v) is 6.13. The summed E-state index contributed by atoms with van der Waals surface area (Å²) in [5.74, 6) is 0.846. The van der Waals surface area contributed by atoms with Crippen molar-refractivity contribution in [1.29, 1.82) is 0 Å². The Hall–Kier alpha value is -1.31. The molecule has 2 rings (SSSR count). The Morgan fingerprint density at radius 1 is 1.10 bits per heavy atom. The lowest BCUT2D eigenvalue weighted by Crippen LogP contribution is -2.32. The van der Waals surface area contributed by atoms with Crippen LogP contribution in [0.1, 0.15) is 51.0 Å². The standard InChI is InChI=1S/C18H27NO/c1-16(11-12-17-9-5-4-6-10-17)15-18(20)19-13-7-2-3-8-14-19/h4-6,9-10,16H,2-3,7-8,11-15H2,1H3. The molecule has 1 atom stereocenters. The summed E-state index contributed by atoms with van der Waals surface area (Å²) < 4.78 is 0. The van der Waals surface area contributed by atoms with Gasteiger partial charge in [0.05, 0.1) is 0 Å². The zero-order valence-corrected chi connectivity index (χ0v) is 12.7. The molecule has 2 heteroatoms. The van der Waals surface area contributed by atoms with Crippen molar-refractivity contribution < 1.29 is 4.79 Å². The van der Waals surface area contributed by atoms with Crippen LogP contribution in [0.3, 0.4) is 0 Å². The molecule has 1 aromatic carbocycles. The minimum absolute atomic E-state index is 0.368. The Morgan fingerprint density at radius 2 is 1.75 bits per heavy atom. The molecule has 0 saturated carbocycles. The predicted octanol–water partition coefficient (Wildman–Crippen LogP) is 4.05. The van der Waals surface area contributed by atoms with Crippen LogP contribution in [0.2, 0.25) is 0 Å². The summed E-state index contributed by atoms with van der Waals surface area (Å²) >= 11 is 0. The van der Waals surface area contributed by atoms with E-state index >= 15 is 0 Å². The van der Waals surface area contributed by atoms with E-state index < -0.39 is 0 Å². The van der Waals surface area contributed by atoms with E-state index in [0.29, 0.717) is 18.2 Å². The Labute approximate surface area is 123 Å². The van der Waals surface area contributed by atoms with Gasteiger partial charge in [0.1, 0.15) is 0 Å². The molecule has 0 spiro atoms. The van der Waals surface area contributed by atoms with Gasteiger partial charge in [0.15, 0.2) is 0 Å². The molecule has 0 aliphatic carbocycles. The molecule has 1 aromatic rings. The number of hydrogen-bond donors (Lipinski definition) is 0. The number of likely N-dealkylation sites (tertiary alicyclic amines) is 1. The molecule has 20 heavy (non-hydrogen) atoms. The fourth-order valence-corrected chi connectivity index (χ4v) is 2.91. The van der Waals surface area contributed by atoms with Gasteiger partial charge in [0, 0.05) is 19.5 Å². The third-order valence-corrected chi connectivity index (χ3v) is 4.25. The first-order chi connectivity index (χ1) is 9.75. The van der Waals surface area contributed by atoms with E-state index in [2.05, 4.69) is 42.2 Å². The first-order valence-electron chi connectivity index (χ1n) is 8.07. The second-order valence-electron chi connectivity index (χ2n) is 6.13. The van der Waals surface area contributed by atoms with E-state index in [1.165, 1.54) is 31.2 Å². The molecule has 1 aliphatic heterocycles. The zero-order valence-electron chi connectivity index (χ0n) is 12.7. The largest absolute Gasteiger partial charge is 0.343 e. The monoisotopic (exact) mass is 273 g/mol. The van der Waals surface area contributed by atoms with E-state index in [1.54, 1.807) is 0 Å². The molecule has 110 valence electrons. The highest BCUT2D eigenvalue weighted by Crippen LogP contribution is 2.16. The van der Waals surface area contributed by atoms with Gasteiger partial charge in [-0.3, -0.25) is 4.79 Å². The molecule has 1 heterocycles. The van der Waals surface area contributed by atoms with Crippen LogP contribution in [0.15, 0.2) is 30.3 Å². The number of hydrogen-bond acceptors (Lipinski definition) is 1. The number of amides is 1. The van der Waals surface area contributed by atoms with Crippen LogP contribution >= 0.6 is 0 Å². The summed E-state index contributed by atoms with van der Waals surface area (Å²) in [4.78, 5) is 14.4. The molecule has 1 aliphatic rings. The first-order valence-corrected chi connectivity index (χ1v) is 8.07. The zero-order chi connectivity index (χ0) is 14.2. The molecule has 1 amide bonds. The molecule has 1 saturated heterocycles. The minimum atomic E-state index is 0.368. The first kappa shape index (κ1) is 15.1. The van der Waals surface area contributed by atoms with Crippen LogP contribution in [0, 0.1) is 5.92 Å². The summed E-state index contributed by atoms with van der Waals surface area (Å²) in [5.41, 5.74) is 1.38. The number of benzene rings is 1. The number of carbonyl (C=O) groups excluding carboxylic acids is 1. The topological polar surface area (TPSA) is 20.3 Å². The van der Waals surface area contributed by atoms with Crippen LogP contribution in [0.5, 0.6) is 0 Å². The van der Waals surface area contributed by atoms with Crippen molar-refractivity contribution in [3.05, 3.63) is 35.9 Å². The van der Waals surface area contributed by atoms with E-state index in [4.69, 9.17) is 0 Å². The predicted molar refractivity (Wildman–Crippen MR) is 83.6 cm³/mol. The Bertz CT molecular complexity index is 393. The summed E-state index contributed by atoms with van der Waals surface area (Å²) in [6.07, 6.45) is 7.83. The van der Waals surface area contributed by atoms with Crippen LogP contribution in [-0.2, 0) is 11.2 Å². The molecule has 0 aromatic heterocycles. The summed E-state index contributed by atoms with van der Waals surface area (Å²) in [6, 6.07) is 10.6. The fourth-order valence-electron chi connectivity index (χ4n) is 2.91. The molecular weight excluding hydrogens is 246 g/mol. The van der Waals surface area contributed by atoms with Crippen LogP contribution < -0.4 is 0 Å². The van der Waals surface area contributed by atoms with Crippen molar-refractivity contribution in [1.82, 2.24) is 4.90 Å². The number of nitrogens with zero attached hydrogens (tertiary/aromatic N) is 1. The lowest BCUT2D eigenvalue weighted by atomic mass is 9.97. The van der Waals surface area contributed by atoms with Crippen LogP contribution in [0.25, 0.3) is 0 Å². The highest BCUT2D eigenvalue weighted by Gasteiger charge is 2.17. The number of carbonyl (C=O) groups is 1. The van der Waals surface area contributed by atoms with E-state index in [-0.39, 0.29) is 0 Å². The molecule has 0 radical (unpaired) electrons. The number of aryl methyl sites for hydroxylation is 1. The second kappa shape index (κ2) is 8.08. The maximum absolute atomic E-state index is 12.3. The SMILES string of the molecule is CC(CCc1ccccc1)CC(=O)N1CCCCCC1. The Balaban J connectivity index is 1.73. The van der Waals surface area contributed by atoms with Gasteiger partial charge in [-0.2, -0.15) is 0 Å². The van der Waals surface area contributed by atoms with Gasteiger partial charge in [-0.05, 0) is 37.2 Å². The van der Waals surface area contributed by atoms with Gasteiger partial charge in [-0.25, -0.2) is 0 Å². The van der Waals surface area contributed by atoms with Crippen molar-refractivity contribution >= 4 is 5.91 Å². The van der Waals surface area contributed by atoms with E-state index in [1.807, 2.05) is 0 Å². The maximum atomic E-state index is 12.3. The Kier molecular flexibility index (Phi) is 6.10. The third kappa shape index (κ3) is 4.99. The lowest BCUT2D eigenvalue weighted by molar-refractivity contribution is -0.132. The maximum Gasteiger partial charge on any atom is 0.222 e. The van der Waals surface area contributed by atoms with Crippen molar-refractivity contribution in [2.24, 2.45) is 5.92 Å². The van der Waals surface area contributed by atoms with Crippen molar-refractivity contribution in [2.45, 2.75) is 51.9 Å². The lowest BCUT2D eigenvalue weighted by Gasteiger charge is -2.22. The normalized spacial score (nSPS) is 17.6. The van der Waals surface area contributed by atoms with Crippen molar-refractivity contribution in [2.75, 3.05) is 13.1 Å². The molecule has 0 bridgehead atoms. The third-order valence-electron chi connectivity index (χ3n) is 4.25. The van der Waals surface area contributed by atoms with Gasteiger partial charge in [0.25, 0.3) is 0 Å². The Morgan fingerprint density at radius 3 is 2.40 bits per heavy atom. The van der Waals surface area contributed by atoms with Crippen LogP contribution in [0.4, 0.5) is 0 Å². The molecule has 1 fully saturated rings. The van der Waals surface area contributed by atoms with Gasteiger partial charge in [0.2, 0.25) is 5.91 Å².